The summed E-state index contributed by atoms with van der Waals surface area (Å²) in [6, 6.07) is 6.00. The van der Waals surface area contributed by atoms with Crippen molar-refractivity contribution < 1.29 is 0 Å². The molecule has 0 spiro atoms. The Labute approximate surface area is 97.9 Å². The molecule has 2 rings (SSSR count). The van der Waals surface area contributed by atoms with E-state index in [1.54, 1.807) is 0 Å². The molecule has 0 saturated carbocycles. The zero-order chi connectivity index (χ0) is 11.2. The highest BCUT2D eigenvalue weighted by Gasteiger charge is 2.21. The van der Waals surface area contributed by atoms with E-state index in [-0.39, 0.29) is 0 Å². The number of nitrogens with zero attached hydrogens (tertiary/aromatic N) is 2. The molecule has 16 heavy (non-hydrogen) atoms. The number of nitrogens with one attached hydrogen (secondary N) is 1. The highest BCUT2D eigenvalue weighted by molar-refractivity contribution is 5.33. The first kappa shape index (κ1) is 11.4. The summed E-state index contributed by atoms with van der Waals surface area (Å²) in [4.78, 5) is 6.83. The van der Waals surface area contributed by atoms with Crippen LogP contribution in [0.2, 0.25) is 0 Å². The number of hydrogen-bond donors (Lipinski definition) is 1. The standard InChI is InChI=1S/C13H21N3/c1-2-8-16-9-6-12(11-16)10-15-13-5-3-4-7-14-13/h3-5,7,12H,2,6,8-11H2,1H3,(H,14,15)/t12-/m0/s1. The molecule has 2 heterocycles. The van der Waals surface area contributed by atoms with Crippen molar-refractivity contribution in [3.63, 3.8) is 0 Å². The molecule has 3 nitrogen and oxygen atoms in total. The van der Waals surface area contributed by atoms with Crippen molar-refractivity contribution in [3.05, 3.63) is 24.4 Å². The molecule has 0 aromatic carbocycles. The Kier molecular flexibility index (Phi) is 4.17. The first-order valence-corrected chi connectivity index (χ1v) is 6.25. The van der Waals surface area contributed by atoms with Crippen LogP contribution in [-0.2, 0) is 0 Å². The molecule has 0 amide bonds. The summed E-state index contributed by atoms with van der Waals surface area (Å²) in [5, 5.41) is 3.41. The Bertz CT molecular complexity index is 299. The summed E-state index contributed by atoms with van der Waals surface area (Å²) >= 11 is 0. The van der Waals surface area contributed by atoms with Gasteiger partial charge in [-0.25, -0.2) is 4.98 Å². The van der Waals surface area contributed by atoms with Gasteiger partial charge in [-0.05, 0) is 44.0 Å². The molecular formula is C13H21N3. The van der Waals surface area contributed by atoms with Crippen molar-refractivity contribution in [2.24, 2.45) is 5.92 Å². The lowest BCUT2D eigenvalue weighted by Gasteiger charge is -2.15. The summed E-state index contributed by atoms with van der Waals surface area (Å²) in [5.74, 6) is 1.78. The third-order valence-corrected chi connectivity index (χ3v) is 3.15. The summed E-state index contributed by atoms with van der Waals surface area (Å²) in [5.41, 5.74) is 0. The van der Waals surface area contributed by atoms with Gasteiger partial charge in [-0.15, -0.1) is 0 Å². The monoisotopic (exact) mass is 219 g/mol. The maximum absolute atomic E-state index is 4.27. The van der Waals surface area contributed by atoms with E-state index in [2.05, 4.69) is 22.1 Å². The largest absolute Gasteiger partial charge is 0.370 e. The minimum absolute atomic E-state index is 0.786. The summed E-state index contributed by atoms with van der Waals surface area (Å²) < 4.78 is 0. The quantitative estimate of drug-likeness (QED) is 0.823. The molecule has 0 unspecified atom stereocenters. The van der Waals surface area contributed by atoms with Gasteiger partial charge in [-0.2, -0.15) is 0 Å². The maximum atomic E-state index is 4.27. The van der Waals surface area contributed by atoms with E-state index < -0.39 is 0 Å². The molecule has 0 bridgehead atoms. The van der Waals surface area contributed by atoms with Crippen molar-refractivity contribution in [1.29, 1.82) is 0 Å². The minimum atomic E-state index is 0.786. The van der Waals surface area contributed by atoms with Gasteiger partial charge in [-0.3, -0.25) is 0 Å². The molecular weight excluding hydrogens is 198 g/mol. The normalized spacial score (nSPS) is 21.2. The predicted molar refractivity (Wildman–Crippen MR) is 67.6 cm³/mol. The van der Waals surface area contributed by atoms with E-state index in [1.807, 2.05) is 24.4 Å². The minimum Gasteiger partial charge on any atom is -0.370 e. The van der Waals surface area contributed by atoms with E-state index >= 15 is 0 Å². The Hall–Kier alpha value is -1.09. The van der Waals surface area contributed by atoms with E-state index in [0.29, 0.717) is 0 Å². The summed E-state index contributed by atoms with van der Waals surface area (Å²) in [6.45, 7) is 7.06. The van der Waals surface area contributed by atoms with E-state index in [1.165, 1.54) is 32.5 Å². The van der Waals surface area contributed by atoms with Crippen LogP contribution in [0, 0.1) is 5.92 Å². The molecule has 1 aromatic heterocycles. The van der Waals surface area contributed by atoms with Gasteiger partial charge in [0.1, 0.15) is 5.82 Å². The lowest BCUT2D eigenvalue weighted by molar-refractivity contribution is 0.327. The Morgan fingerprint density at radius 1 is 1.50 bits per heavy atom. The molecule has 1 fully saturated rings. The lowest BCUT2D eigenvalue weighted by Crippen LogP contribution is -2.23. The number of rotatable bonds is 5. The summed E-state index contributed by atoms with van der Waals surface area (Å²) in [7, 11) is 0. The number of anilines is 1. The Morgan fingerprint density at radius 3 is 3.19 bits per heavy atom. The molecule has 0 radical (unpaired) electrons. The molecule has 1 atom stereocenters. The van der Waals surface area contributed by atoms with Crippen LogP contribution in [0.1, 0.15) is 19.8 Å². The molecule has 1 aliphatic rings. The molecule has 1 saturated heterocycles. The van der Waals surface area contributed by atoms with Crippen LogP contribution >= 0.6 is 0 Å². The van der Waals surface area contributed by atoms with Crippen LogP contribution < -0.4 is 5.32 Å². The highest BCUT2D eigenvalue weighted by Crippen LogP contribution is 2.16. The molecule has 3 heteroatoms. The predicted octanol–water partition coefficient (Wildman–Crippen LogP) is 2.23. The highest BCUT2D eigenvalue weighted by atomic mass is 15.1. The van der Waals surface area contributed by atoms with Crippen LogP contribution in [0.4, 0.5) is 5.82 Å². The van der Waals surface area contributed by atoms with Crippen LogP contribution in [0.5, 0.6) is 0 Å². The van der Waals surface area contributed by atoms with Gasteiger partial charge >= 0.3 is 0 Å². The van der Waals surface area contributed by atoms with E-state index in [9.17, 15) is 0 Å². The maximum Gasteiger partial charge on any atom is 0.125 e. The van der Waals surface area contributed by atoms with Gasteiger partial charge in [0.2, 0.25) is 0 Å². The number of aromatic nitrogens is 1. The first-order valence-electron chi connectivity index (χ1n) is 6.25. The lowest BCUT2D eigenvalue weighted by atomic mass is 10.1. The van der Waals surface area contributed by atoms with Crippen molar-refractivity contribution in [3.8, 4) is 0 Å². The van der Waals surface area contributed by atoms with E-state index in [4.69, 9.17) is 0 Å². The van der Waals surface area contributed by atoms with Crippen molar-refractivity contribution in [2.75, 3.05) is 31.5 Å². The van der Waals surface area contributed by atoms with Crippen LogP contribution in [-0.4, -0.2) is 36.1 Å². The second kappa shape index (κ2) is 5.85. The van der Waals surface area contributed by atoms with Gasteiger partial charge in [0, 0.05) is 19.3 Å². The zero-order valence-electron chi connectivity index (χ0n) is 10.0. The van der Waals surface area contributed by atoms with Crippen molar-refractivity contribution >= 4 is 5.82 Å². The molecule has 0 aliphatic carbocycles. The number of hydrogen-bond acceptors (Lipinski definition) is 3. The third-order valence-electron chi connectivity index (χ3n) is 3.15. The van der Waals surface area contributed by atoms with Gasteiger partial charge < -0.3 is 10.2 Å². The molecule has 1 N–H and O–H groups in total. The van der Waals surface area contributed by atoms with Gasteiger partial charge in [0.25, 0.3) is 0 Å². The van der Waals surface area contributed by atoms with Crippen LogP contribution in [0.3, 0.4) is 0 Å². The zero-order valence-corrected chi connectivity index (χ0v) is 10.0. The third kappa shape index (κ3) is 3.20. The second-order valence-electron chi connectivity index (χ2n) is 4.55. The Balaban J connectivity index is 1.72. The topological polar surface area (TPSA) is 28.2 Å². The fourth-order valence-electron chi connectivity index (χ4n) is 2.32. The average Bonchev–Trinajstić information content (AvgIpc) is 2.76. The smallest absolute Gasteiger partial charge is 0.125 e. The van der Waals surface area contributed by atoms with E-state index in [0.717, 1.165) is 18.3 Å². The Morgan fingerprint density at radius 2 is 2.44 bits per heavy atom. The summed E-state index contributed by atoms with van der Waals surface area (Å²) in [6.07, 6.45) is 4.42. The SMILES string of the molecule is CCCN1CC[C@@H](CNc2ccccn2)C1. The van der Waals surface area contributed by atoms with Gasteiger partial charge in [0.05, 0.1) is 0 Å². The number of likely N-dealkylation sites (tertiary alicyclic amines) is 1. The van der Waals surface area contributed by atoms with Crippen LogP contribution in [0.15, 0.2) is 24.4 Å². The first-order chi connectivity index (χ1) is 7.88. The van der Waals surface area contributed by atoms with Crippen molar-refractivity contribution in [2.45, 2.75) is 19.8 Å². The van der Waals surface area contributed by atoms with Gasteiger partial charge in [0.15, 0.2) is 0 Å². The van der Waals surface area contributed by atoms with Crippen molar-refractivity contribution in [1.82, 2.24) is 9.88 Å². The fraction of sp³-hybridized carbons (Fsp3) is 0.615. The van der Waals surface area contributed by atoms with Crippen LogP contribution in [0.25, 0.3) is 0 Å². The molecule has 1 aromatic rings. The molecule has 88 valence electrons. The number of pyridine rings is 1. The second-order valence-corrected chi connectivity index (χ2v) is 4.55. The fourth-order valence-corrected chi connectivity index (χ4v) is 2.32. The average molecular weight is 219 g/mol. The molecule has 1 aliphatic heterocycles. The van der Waals surface area contributed by atoms with Gasteiger partial charge in [-0.1, -0.05) is 13.0 Å².